The number of piperidine rings is 1. The first kappa shape index (κ1) is 21.4. The number of anilines is 1. The fourth-order valence-corrected chi connectivity index (χ4v) is 3.77. The standard InChI is InChI=1S/C22H23N5O5/c1-31-19-10-9-17(27(29)30)12-18(19)23-22(28)16-8-5-11-26(13-16)14-20-24-21(25-32-20)15-6-3-2-4-7-15/h2-4,6-7,9-10,12,16H,5,8,11,13-14H2,1H3,(H,23,28). The molecule has 3 aromatic rings. The molecule has 1 fully saturated rings. The fraction of sp³-hybridized carbons (Fsp3) is 0.318. The van der Waals surface area contributed by atoms with Crippen LogP contribution < -0.4 is 10.1 Å². The molecule has 10 heteroatoms. The molecule has 0 spiro atoms. The lowest BCUT2D eigenvalue weighted by molar-refractivity contribution is -0.384. The smallest absolute Gasteiger partial charge is 0.271 e. The normalized spacial score (nSPS) is 16.5. The number of carbonyl (C=O) groups excluding carboxylic acids is 1. The lowest BCUT2D eigenvalue weighted by Gasteiger charge is -2.30. The monoisotopic (exact) mass is 437 g/mol. The summed E-state index contributed by atoms with van der Waals surface area (Å²) in [6.07, 6.45) is 1.56. The molecule has 166 valence electrons. The van der Waals surface area contributed by atoms with E-state index in [1.165, 1.54) is 25.3 Å². The highest BCUT2D eigenvalue weighted by molar-refractivity contribution is 5.94. The maximum Gasteiger partial charge on any atom is 0.271 e. The molecule has 0 radical (unpaired) electrons. The minimum atomic E-state index is -0.508. The number of amides is 1. The summed E-state index contributed by atoms with van der Waals surface area (Å²) in [6.45, 7) is 1.78. The molecule has 4 rings (SSSR count). The Morgan fingerprint density at radius 2 is 2.12 bits per heavy atom. The van der Waals surface area contributed by atoms with Crippen LogP contribution in [-0.2, 0) is 11.3 Å². The molecule has 1 atom stereocenters. The van der Waals surface area contributed by atoms with E-state index in [2.05, 4.69) is 20.4 Å². The molecule has 32 heavy (non-hydrogen) atoms. The number of nitro groups is 1. The lowest BCUT2D eigenvalue weighted by atomic mass is 9.97. The van der Waals surface area contributed by atoms with Crippen molar-refractivity contribution in [2.24, 2.45) is 5.92 Å². The van der Waals surface area contributed by atoms with Gasteiger partial charge in [0.15, 0.2) is 0 Å². The van der Waals surface area contributed by atoms with E-state index in [0.29, 0.717) is 30.6 Å². The predicted molar refractivity (Wildman–Crippen MR) is 116 cm³/mol. The van der Waals surface area contributed by atoms with Gasteiger partial charge in [0.05, 0.1) is 30.2 Å². The number of aromatic nitrogens is 2. The molecule has 1 unspecified atom stereocenters. The van der Waals surface area contributed by atoms with E-state index < -0.39 is 4.92 Å². The van der Waals surface area contributed by atoms with Gasteiger partial charge >= 0.3 is 0 Å². The molecule has 1 aromatic heterocycles. The molecule has 2 heterocycles. The van der Waals surface area contributed by atoms with Gasteiger partial charge in [0.25, 0.3) is 5.69 Å². The summed E-state index contributed by atoms with van der Waals surface area (Å²) in [4.78, 5) is 30.0. The zero-order valence-corrected chi connectivity index (χ0v) is 17.6. The van der Waals surface area contributed by atoms with Gasteiger partial charge in [0, 0.05) is 24.2 Å². The third-order valence-corrected chi connectivity index (χ3v) is 5.39. The van der Waals surface area contributed by atoms with Crippen molar-refractivity contribution < 1.29 is 19.0 Å². The van der Waals surface area contributed by atoms with Crippen LogP contribution in [0.5, 0.6) is 5.75 Å². The van der Waals surface area contributed by atoms with Crippen LogP contribution in [0.4, 0.5) is 11.4 Å². The van der Waals surface area contributed by atoms with Gasteiger partial charge in [0.2, 0.25) is 17.6 Å². The lowest BCUT2D eigenvalue weighted by Crippen LogP contribution is -2.40. The summed E-state index contributed by atoms with van der Waals surface area (Å²) >= 11 is 0. The summed E-state index contributed by atoms with van der Waals surface area (Å²) < 4.78 is 10.6. The number of methoxy groups -OCH3 is 1. The maximum atomic E-state index is 12.9. The third-order valence-electron chi connectivity index (χ3n) is 5.39. The Labute approximate surface area is 184 Å². The van der Waals surface area contributed by atoms with E-state index in [0.717, 1.165) is 24.9 Å². The highest BCUT2D eigenvalue weighted by atomic mass is 16.6. The molecule has 0 aliphatic carbocycles. The Hall–Kier alpha value is -3.79. The first-order valence-corrected chi connectivity index (χ1v) is 10.3. The zero-order valence-electron chi connectivity index (χ0n) is 17.6. The highest BCUT2D eigenvalue weighted by Crippen LogP contribution is 2.30. The summed E-state index contributed by atoms with van der Waals surface area (Å²) in [5.41, 5.74) is 1.05. The Balaban J connectivity index is 1.40. The van der Waals surface area contributed by atoms with Gasteiger partial charge < -0.3 is 14.6 Å². The van der Waals surface area contributed by atoms with Crippen molar-refractivity contribution in [1.82, 2.24) is 15.0 Å². The molecule has 1 aliphatic rings. The number of likely N-dealkylation sites (tertiary alicyclic amines) is 1. The van der Waals surface area contributed by atoms with Gasteiger partial charge in [-0.3, -0.25) is 19.8 Å². The predicted octanol–water partition coefficient (Wildman–Crippen LogP) is 3.50. The first-order chi connectivity index (χ1) is 15.5. The van der Waals surface area contributed by atoms with E-state index in [1.54, 1.807) is 0 Å². The summed E-state index contributed by atoms with van der Waals surface area (Å²) in [7, 11) is 1.45. The number of non-ortho nitro benzene ring substituents is 1. The van der Waals surface area contributed by atoms with E-state index in [1.807, 2.05) is 30.3 Å². The first-order valence-electron chi connectivity index (χ1n) is 10.3. The molecular formula is C22H23N5O5. The number of nitro benzene ring substituents is 1. The van der Waals surface area contributed by atoms with Gasteiger partial charge in [-0.1, -0.05) is 35.5 Å². The molecule has 0 saturated carbocycles. The van der Waals surface area contributed by atoms with Crippen LogP contribution in [-0.4, -0.2) is 46.1 Å². The van der Waals surface area contributed by atoms with Crippen molar-refractivity contribution in [1.29, 1.82) is 0 Å². The molecule has 1 N–H and O–H groups in total. The van der Waals surface area contributed by atoms with Gasteiger partial charge in [-0.05, 0) is 25.5 Å². The molecule has 0 bridgehead atoms. The van der Waals surface area contributed by atoms with Crippen LogP contribution in [0, 0.1) is 16.0 Å². The SMILES string of the molecule is COc1ccc([N+](=O)[O-])cc1NC(=O)C1CCCN(Cc2nc(-c3ccccc3)no2)C1. The van der Waals surface area contributed by atoms with Crippen molar-refractivity contribution in [2.75, 3.05) is 25.5 Å². The second kappa shape index (κ2) is 9.56. The summed E-state index contributed by atoms with van der Waals surface area (Å²) in [6, 6.07) is 13.7. The number of hydrogen-bond donors (Lipinski definition) is 1. The number of benzene rings is 2. The van der Waals surface area contributed by atoms with Gasteiger partial charge in [-0.15, -0.1) is 0 Å². The van der Waals surface area contributed by atoms with Crippen molar-refractivity contribution in [3.63, 3.8) is 0 Å². The second-order valence-corrected chi connectivity index (χ2v) is 7.58. The number of rotatable bonds is 7. The van der Waals surface area contributed by atoms with Crippen LogP contribution in [0.2, 0.25) is 0 Å². The topological polar surface area (TPSA) is 124 Å². The zero-order chi connectivity index (χ0) is 22.5. The number of hydrogen-bond acceptors (Lipinski definition) is 8. The van der Waals surface area contributed by atoms with E-state index in [-0.39, 0.29) is 23.2 Å². The van der Waals surface area contributed by atoms with E-state index >= 15 is 0 Å². The Morgan fingerprint density at radius 1 is 1.31 bits per heavy atom. The van der Waals surface area contributed by atoms with Crippen LogP contribution >= 0.6 is 0 Å². The molecule has 1 saturated heterocycles. The number of carbonyl (C=O) groups is 1. The van der Waals surface area contributed by atoms with Gasteiger partial charge in [-0.2, -0.15) is 4.98 Å². The molecule has 10 nitrogen and oxygen atoms in total. The summed E-state index contributed by atoms with van der Waals surface area (Å²) in [5.74, 6) is 0.916. The fourth-order valence-electron chi connectivity index (χ4n) is 3.77. The van der Waals surface area contributed by atoms with Crippen LogP contribution in [0.3, 0.4) is 0 Å². The largest absolute Gasteiger partial charge is 0.495 e. The van der Waals surface area contributed by atoms with Crippen molar-refractivity contribution >= 4 is 17.3 Å². The van der Waals surface area contributed by atoms with Crippen LogP contribution in [0.25, 0.3) is 11.4 Å². The number of nitrogens with one attached hydrogen (secondary N) is 1. The van der Waals surface area contributed by atoms with E-state index in [4.69, 9.17) is 9.26 Å². The average molecular weight is 437 g/mol. The van der Waals surface area contributed by atoms with E-state index in [9.17, 15) is 14.9 Å². The minimum Gasteiger partial charge on any atom is -0.495 e. The van der Waals surface area contributed by atoms with Crippen molar-refractivity contribution in [3.05, 3.63) is 64.5 Å². The highest BCUT2D eigenvalue weighted by Gasteiger charge is 2.28. The average Bonchev–Trinajstić information content (AvgIpc) is 3.28. The van der Waals surface area contributed by atoms with Crippen molar-refractivity contribution in [3.8, 4) is 17.1 Å². The Kier molecular flexibility index (Phi) is 6.41. The Bertz CT molecular complexity index is 1100. The van der Waals surface area contributed by atoms with Gasteiger partial charge in [0.1, 0.15) is 5.75 Å². The maximum absolute atomic E-state index is 12.9. The van der Waals surface area contributed by atoms with Crippen molar-refractivity contribution in [2.45, 2.75) is 19.4 Å². The van der Waals surface area contributed by atoms with Crippen LogP contribution in [0.1, 0.15) is 18.7 Å². The molecule has 2 aromatic carbocycles. The third kappa shape index (κ3) is 4.92. The number of nitrogens with zero attached hydrogens (tertiary/aromatic N) is 4. The molecular weight excluding hydrogens is 414 g/mol. The molecule has 1 amide bonds. The minimum absolute atomic E-state index is 0.114. The second-order valence-electron chi connectivity index (χ2n) is 7.58. The summed E-state index contributed by atoms with van der Waals surface area (Å²) in [5, 5.41) is 17.9. The quantitative estimate of drug-likeness (QED) is 0.440. The Morgan fingerprint density at radius 3 is 2.88 bits per heavy atom. The number of ether oxygens (including phenoxy) is 1. The van der Waals surface area contributed by atoms with Crippen LogP contribution in [0.15, 0.2) is 53.1 Å². The van der Waals surface area contributed by atoms with Gasteiger partial charge in [-0.25, -0.2) is 0 Å². The molecule has 1 aliphatic heterocycles.